The molecule has 0 radical (unpaired) electrons. The summed E-state index contributed by atoms with van der Waals surface area (Å²) in [5, 5.41) is 0.542. The van der Waals surface area contributed by atoms with Crippen LogP contribution in [-0.4, -0.2) is 29.2 Å². The van der Waals surface area contributed by atoms with E-state index in [9.17, 15) is 9.59 Å². The number of hydrogen-bond donors (Lipinski definition) is 0. The fraction of sp³-hybridized carbons (Fsp3) is 0.150. The van der Waals surface area contributed by atoms with E-state index in [1.54, 1.807) is 31.4 Å². The first kappa shape index (κ1) is 17.4. The van der Waals surface area contributed by atoms with Crippen molar-refractivity contribution in [1.82, 2.24) is 9.55 Å². The number of aromatic nitrogens is 2. The van der Waals surface area contributed by atoms with Crippen LogP contribution in [0, 0.1) is 0 Å². The molecule has 1 heterocycles. The number of ether oxygens (including phenoxy) is 2. The van der Waals surface area contributed by atoms with Crippen LogP contribution in [0.5, 0.6) is 5.75 Å². The van der Waals surface area contributed by atoms with Crippen LogP contribution in [0.2, 0.25) is 0 Å². The van der Waals surface area contributed by atoms with E-state index in [0.29, 0.717) is 10.9 Å². The molecule has 3 aromatic rings. The molecular weight excluding hydrogens is 332 g/mol. The first-order valence-electron chi connectivity index (χ1n) is 8.10. The van der Waals surface area contributed by atoms with Gasteiger partial charge in [-0.05, 0) is 35.9 Å². The molecule has 0 N–H and O–H groups in total. The van der Waals surface area contributed by atoms with Gasteiger partial charge in [0.25, 0.3) is 5.56 Å². The molecule has 0 amide bonds. The Balaban J connectivity index is 1.56. The van der Waals surface area contributed by atoms with Gasteiger partial charge in [0.05, 0.1) is 30.9 Å². The molecule has 0 fully saturated rings. The molecule has 0 spiro atoms. The lowest BCUT2D eigenvalue weighted by atomic mass is 10.2. The first-order chi connectivity index (χ1) is 12.7. The van der Waals surface area contributed by atoms with Crippen LogP contribution in [0.15, 0.2) is 65.7 Å². The van der Waals surface area contributed by atoms with E-state index >= 15 is 0 Å². The average molecular weight is 350 g/mol. The summed E-state index contributed by atoms with van der Waals surface area (Å²) in [7, 11) is 1.60. The summed E-state index contributed by atoms with van der Waals surface area (Å²) in [6.07, 6.45) is 4.47. The summed E-state index contributed by atoms with van der Waals surface area (Å²) in [5.41, 5.74) is 1.35. The predicted molar refractivity (Wildman–Crippen MR) is 99.0 cm³/mol. The maximum absolute atomic E-state index is 12.3. The molecule has 0 aliphatic heterocycles. The van der Waals surface area contributed by atoms with E-state index in [1.165, 1.54) is 17.0 Å². The third kappa shape index (κ3) is 4.16. The molecule has 6 nitrogen and oxygen atoms in total. The van der Waals surface area contributed by atoms with Crippen LogP contribution in [0.1, 0.15) is 5.56 Å². The molecule has 2 aromatic carbocycles. The Labute approximate surface area is 150 Å². The van der Waals surface area contributed by atoms with E-state index in [2.05, 4.69) is 4.98 Å². The van der Waals surface area contributed by atoms with Crippen molar-refractivity contribution in [2.24, 2.45) is 0 Å². The summed E-state index contributed by atoms with van der Waals surface area (Å²) < 4.78 is 11.7. The van der Waals surface area contributed by atoms with Crippen molar-refractivity contribution >= 4 is 22.9 Å². The highest BCUT2D eigenvalue weighted by atomic mass is 16.5. The summed E-state index contributed by atoms with van der Waals surface area (Å²) >= 11 is 0. The van der Waals surface area contributed by atoms with Crippen molar-refractivity contribution in [1.29, 1.82) is 0 Å². The minimum atomic E-state index is -0.470. The number of hydrogen-bond acceptors (Lipinski definition) is 5. The summed E-state index contributed by atoms with van der Waals surface area (Å²) in [4.78, 5) is 28.3. The Bertz CT molecular complexity index is 991. The second-order valence-corrected chi connectivity index (χ2v) is 5.53. The molecule has 0 unspecified atom stereocenters. The second-order valence-electron chi connectivity index (χ2n) is 5.53. The van der Waals surface area contributed by atoms with E-state index in [-0.39, 0.29) is 18.7 Å². The molecule has 0 saturated heterocycles. The SMILES string of the molecule is COc1ccc(/C=C/C(=O)OCCn2cnc3ccccc3c2=O)cc1. The van der Waals surface area contributed by atoms with Gasteiger partial charge >= 0.3 is 5.97 Å². The number of rotatable bonds is 6. The van der Waals surface area contributed by atoms with E-state index in [0.717, 1.165) is 11.3 Å². The van der Waals surface area contributed by atoms with Crippen LogP contribution in [-0.2, 0) is 16.1 Å². The molecule has 3 rings (SSSR count). The standard InChI is InChI=1S/C20H18N2O4/c1-25-16-9-6-15(7-10-16)8-11-19(23)26-13-12-22-14-21-18-5-3-2-4-17(18)20(22)24/h2-11,14H,12-13H2,1H3/b11-8+. The molecular formula is C20H18N2O4. The fourth-order valence-corrected chi connectivity index (χ4v) is 2.44. The third-order valence-corrected chi connectivity index (χ3v) is 3.84. The normalized spacial score (nSPS) is 11.0. The Hall–Kier alpha value is -3.41. The molecule has 1 aromatic heterocycles. The molecule has 0 aliphatic rings. The molecule has 132 valence electrons. The van der Waals surface area contributed by atoms with E-state index < -0.39 is 5.97 Å². The molecule has 0 saturated carbocycles. The highest BCUT2D eigenvalue weighted by Gasteiger charge is 2.04. The van der Waals surface area contributed by atoms with Gasteiger partial charge in [-0.2, -0.15) is 0 Å². The van der Waals surface area contributed by atoms with E-state index in [4.69, 9.17) is 9.47 Å². The van der Waals surface area contributed by atoms with Gasteiger partial charge in [0.15, 0.2) is 0 Å². The van der Waals surface area contributed by atoms with Crippen LogP contribution < -0.4 is 10.3 Å². The Morgan fingerprint density at radius 2 is 1.92 bits per heavy atom. The van der Waals surface area contributed by atoms with Crippen molar-refractivity contribution < 1.29 is 14.3 Å². The Morgan fingerprint density at radius 3 is 2.69 bits per heavy atom. The van der Waals surface area contributed by atoms with E-state index in [1.807, 2.05) is 30.3 Å². The van der Waals surface area contributed by atoms with Gasteiger partial charge in [-0.15, -0.1) is 0 Å². The zero-order chi connectivity index (χ0) is 18.4. The molecule has 0 bridgehead atoms. The maximum Gasteiger partial charge on any atom is 0.330 e. The highest BCUT2D eigenvalue weighted by molar-refractivity contribution is 5.87. The average Bonchev–Trinajstić information content (AvgIpc) is 2.69. The van der Waals surface area contributed by atoms with Gasteiger partial charge < -0.3 is 9.47 Å². The number of carbonyl (C=O) groups is 1. The lowest BCUT2D eigenvalue weighted by molar-refractivity contribution is -0.137. The Kier molecular flexibility index (Phi) is 5.43. The zero-order valence-corrected chi connectivity index (χ0v) is 14.3. The number of carbonyl (C=O) groups excluding carboxylic acids is 1. The predicted octanol–water partition coefficient (Wildman–Crippen LogP) is 2.66. The third-order valence-electron chi connectivity index (χ3n) is 3.84. The number of nitrogens with zero attached hydrogens (tertiary/aromatic N) is 2. The lowest BCUT2D eigenvalue weighted by Gasteiger charge is -2.06. The van der Waals surface area contributed by atoms with Gasteiger partial charge in [0.2, 0.25) is 0 Å². The van der Waals surface area contributed by atoms with Crippen LogP contribution >= 0.6 is 0 Å². The van der Waals surface area contributed by atoms with Crippen molar-refractivity contribution in [3.8, 4) is 5.75 Å². The van der Waals surface area contributed by atoms with Crippen LogP contribution in [0.4, 0.5) is 0 Å². The van der Waals surface area contributed by atoms with Crippen molar-refractivity contribution in [3.05, 3.63) is 76.9 Å². The minimum Gasteiger partial charge on any atom is -0.497 e. The smallest absolute Gasteiger partial charge is 0.330 e. The largest absolute Gasteiger partial charge is 0.497 e. The molecule has 0 aliphatic carbocycles. The minimum absolute atomic E-state index is 0.0890. The molecule has 0 atom stereocenters. The number of benzene rings is 2. The summed E-state index contributed by atoms with van der Waals surface area (Å²) in [5.74, 6) is 0.279. The number of methoxy groups -OCH3 is 1. The number of para-hydroxylation sites is 1. The van der Waals surface area contributed by atoms with Crippen molar-refractivity contribution in [3.63, 3.8) is 0 Å². The van der Waals surface area contributed by atoms with Crippen LogP contribution in [0.25, 0.3) is 17.0 Å². The zero-order valence-electron chi connectivity index (χ0n) is 14.3. The highest BCUT2D eigenvalue weighted by Crippen LogP contribution is 2.12. The van der Waals surface area contributed by atoms with Crippen molar-refractivity contribution in [2.75, 3.05) is 13.7 Å². The second kappa shape index (κ2) is 8.11. The number of fused-ring (bicyclic) bond motifs is 1. The van der Waals surface area contributed by atoms with Crippen LogP contribution in [0.3, 0.4) is 0 Å². The van der Waals surface area contributed by atoms with Gasteiger partial charge in [-0.1, -0.05) is 24.3 Å². The monoisotopic (exact) mass is 350 g/mol. The summed E-state index contributed by atoms with van der Waals surface area (Å²) in [6, 6.07) is 14.4. The quantitative estimate of drug-likeness (QED) is 0.505. The topological polar surface area (TPSA) is 70.4 Å². The molecule has 6 heteroatoms. The fourth-order valence-electron chi connectivity index (χ4n) is 2.44. The van der Waals surface area contributed by atoms with Gasteiger partial charge in [-0.3, -0.25) is 9.36 Å². The van der Waals surface area contributed by atoms with Gasteiger partial charge in [0, 0.05) is 6.08 Å². The Morgan fingerprint density at radius 1 is 1.15 bits per heavy atom. The number of esters is 1. The molecule has 26 heavy (non-hydrogen) atoms. The lowest BCUT2D eigenvalue weighted by Crippen LogP contribution is -2.23. The summed E-state index contributed by atoms with van der Waals surface area (Å²) in [6.45, 7) is 0.338. The van der Waals surface area contributed by atoms with Crippen molar-refractivity contribution in [2.45, 2.75) is 6.54 Å². The van der Waals surface area contributed by atoms with Gasteiger partial charge in [0.1, 0.15) is 12.4 Å². The van der Waals surface area contributed by atoms with Gasteiger partial charge in [-0.25, -0.2) is 9.78 Å². The first-order valence-corrected chi connectivity index (χ1v) is 8.10. The maximum atomic E-state index is 12.3.